The van der Waals surface area contributed by atoms with Crippen LogP contribution in [-0.4, -0.2) is 0 Å². The van der Waals surface area contributed by atoms with Crippen LogP contribution >= 0.6 is 7.82 Å². The Morgan fingerprint density at radius 1 is 0.789 bits per heavy atom. The summed E-state index contributed by atoms with van der Waals surface area (Å²) in [6, 6.07) is 16.4. The lowest BCUT2D eigenvalue weighted by Crippen LogP contribution is -2.02. The van der Waals surface area contributed by atoms with Gasteiger partial charge in [-0.2, -0.15) is 4.57 Å². The number of phosphoric ester groups is 1. The molecule has 0 aromatic heterocycles. The Kier molecular flexibility index (Phi) is 4.15. The third kappa shape index (κ3) is 3.82. The zero-order valence-corrected chi connectivity index (χ0v) is 10.6. The van der Waals surface area contributed by atoms with Gasteiger partial charge in [-0.3, -0.25) is 0 Å². The molecular weight excluding hydrogens is 269 g/mol. The van der Waals surface area contributed by atoms with Gasteiger partial charge in [0.25, 0.3) is 0 Å². The predicted octanol–water partition coefficient (Wildman–Crippen LogP) is 3.95. The summed E-state index contributed by atoms with van der Waals surface area (Å²) in [5.74, 6) is 0.482. The van der Waals surface area contributed by atoms with E-state index in [0.29, 0.717) is 0 Å². The number of rotatable bonds is 6. The Morgan fingerprint density at radius 3 is 1.58 bits per heavy atom. The molecule has 0 N–H and O–H groups in total. The van der Waals surface area contributed by atoms with Crippen LogP contribution in [0, 0.1) is 4.91 Å². The topological polar surface area (TPSA) is 74.2 Å². The Balaban J connectivity index is 2.18. The van der Waals surface area contributed by atoms with Gasteiger partial charge in [0, 0.05) is 0 Å². The number of hydrogen-bond donors (Lipinski definition) is 0. The largest absolute Gasteiger partial charge is 0.670 e. The molecule has 0 amide bonds. The van der Waals surface area contributed by atoms with Crippen molar-refractivity contribution in [2.45, 2.75) is 0 Å². The quantitative estimate of drug-likeness (QED) is 0.454. The fourth-order valence-electron chi connectivity index (χ4n) is 1.31. The molecule has 0 aliphatic carbocycles. The normalized spacial score (nSPS) is 10.5. The third-order valence-corrected chi connectivity index (χ3v) is 3.19. The highest BCUT2D eigenvalue weighted by Crippen LogP contribution is 2.49. The van der Waals surface area contributed by atoms with Gasteiger partial charge < -0.3 is 9.05 Å². The standard InChI is InChI=1S/C12H10NO5P/c14-13-18-19(15,16-11-7-3-1-4-8-11)17-12-9-5-2-6-10-12/h1-10H. The average molecular weight is 279 g/mol. The minimum absolute atomic E-state index is 0.241. The SMILES string of the molecule is O=NOP(=O)(Oc1ccccc1)Oc1ccccc1. The molecule has 0 spiro atoms. The van der Waals surface area contributed by atoms with E-state index in [1.165, 1.54) is 0 Å². The van der Waals surface area contributed by atoms with Crippen molar-refractivity contribution in [1.82, 2.24) is 0 Å². The van der Waals surface area contributed by atoms with E-state index in [4.69, 9.17) is 9.05 Å². The van der Waals surface area contributed by atoms with Crippen LogP contribution in [0.3, 0.4) is 0 Å². The van der Waals surface area contributed by atoms with Gasteiger partial charge in [0.2, 0.25) is 0 Å². The van der Waals surface area contributed by atoms with Gasteiger partial charge in [0.15, 0.2) is 5.34 Å². The lowest BCUT2D eigenvalue weighted by Gasteiger charge is -2.14. The van der Waals surface area contributed by atoms with E-state index in [-0.39, 0.29) is 11.5 Å². The maximum atomic E-state index is 12.2. The van der Waals surface area contributed by atoms with E-state index in [9.17, 15) is 9.47 Å². The van der Waals surface area contributed by atoms with Crippen molar-refractivity contribution in [2.75, 3.05) is 0 Å². The molecule has 6 nitrogen and oxygen atoms in total. The van der Waals surface area contributed by atoms with Gasteiger partial charge in [0.1, 0.15) is 11.5 Å². The van der Waals surface area contributed by atoms with E-state index in [0.717, 1.165) is 0 Å². The van der Waals surface area contributed by atoms with Crippen LogP contribution in [0.25, 0.3) is 0 Å². The summed E-state index contributed by atoms with van der Waals surface area (Å²) in [7, 11) is -4.14. The molecule has 0 aliphatic heterocycles. The summed E-state index contributed by atoms with van der Waals surface area (Å²) in [5.41, 5.74) is 0. The predicted molar refractivity (Wildman–Crippen MR) is 68.6 cm³/mol. The molecule has 0 unspecified atom stereocenters. The fraction of sp³-hybridized carbons (Fsp3) is 0. The van der Waals surface area contributed by atoms with Gasteiger partial charge in [0.05, 0.1) is 0 Å². The van der Waals surface area contributed by atoms with Crippen molar-refractivity contribution >= 4 is 7.82 Å². The first kappa shape index (κ1) is 13.1. The Bertz CT molecular complexity index is 530. The van der Waals surface area contributed by atoms with Crippen molar-refractivity contribution in [2.24, 2.45) is 5.34 Å². The van der Waals surface area contributed by atoms with E-state index >= 15 is 0 Å². The van der Waals surface area contributed by atoms with Gasteiger partial charge >= 0.3 is 7.82 Å². The first-order valence-electron chi connectivity index (χ1n) is 5.33. The minimum atomic E-state index is -4.14. The van der Waals surface area contributed by atoms with Crippen LogP contribution in [0.15, 0.2) is 66.0 Å². The zero-order chi connectivity index (χ0) is 13.6. The summed E-state index contributed by atoms with van der Waals surface area (Å²) < 4.78 is 26.5. The highest BCUT2D eigenvalue weighted by Gasteiger charge is 2.33. The van der Waals surface area contributed by atoms with Crippen LogP contribution in [-0.2, 0) is 9.19 Å². The highest BCUT2D eigenvalue weighted by molar-refractivity contribution is 7.49. The molecule has 2 aromatic carbocycles. The molecule has 2 rings (SSSR count). The van der Waals surface area contributed by atoms with E-state index < -0.39 is 7.82 Å². The van der Waals surface area contributed by atoms with Crippen LogP contribution in [0.4, 0.5) is 0 Å². The monoisotopic (exact) mass is 279 g/mol. The van der Waals surface area contributed by atoms with Gasteiger partial charge in [-0.15, -0.1) is 4.91 Å². The summed E-state index contributed by atoms with van der Waals surface area (Å²) in [5, 5.41) is 2.14. The van der Waals surface area contributed by atoms with E-state index in [1.807, 2.05) is 0 Å². The van der Waals surface area contributed by atoms with Crippen molar-refractivity contribution in [3.63, 3.8) is 0 Å². The number of para-hydroxylation sites is 2. The fourth-order valence-corrected chi connectivity index (χ4v) is 2.26. The smallest absolute Gasteiger partial charge is 0.385 e. The lowest BCUT2D eigenvalue weighted by atomic mass is 10.3. The molecule has 2 aromatic rings. The number of hydrogen-bond acceptors (Lipinski definition) is 6. The van der Waals surface area contributed by atoms with Crippen molar-refractivity contribution in [3.8, 4) is 11.5 Å². The molecule has 0 fully saturated rings. The third-order valence-electron chi connectivity index (χ3n) is 2.05. The molecule has 0 aliphatic rings. The molecule has 19 heavy (non-hydrogen) atoms. The second-order valence-electron chi connectivity index (χ2n) is 3.41. The minimum Gasteiger partial charge on any atom is -0.385 e. The Morgan fingerprint density at radius 2 is 1.21 bits per heavy atom. The number of benzene rings is 2. The molecule has 0 heterocycles. The van der Waals surface area contributed by atoms with Crippen LogP contribution in [0.2, 0.25) is 0 Å². The molecule has 0 saturated carbocycles. The van der Waals surface area contributed by atoms with Crippen LogP contribution in [0.5, 0.6) is 11.5 Å². The van der Waals surface area contributed by atoms with E-state index in [1.54, 1.807) is 60.7 Å². The van der Waals surface area contributed by atoms with Gasteiger partial charge in [-0.25, -0.2) is 4.62 Å². The molecule has 7 heteroatoms. The first-order chi connectivity index (χ1) is 9.22. The number of phosphoric acid groups is 1. The van der Waals surface area contributed by atoms with Gasteiger partial charge in [-0.1, -0.05) is 36.4 Å². The van der Waals surface area contributed by atoms with Crippen LogP contribution in [0.1, 0.15) is 0 Å². The van der Waals surface area contributed by atoms with E-state index in [2.05, 4.69) is 9.96 Å². The second kappa shape index (κ2) is 6.02. The maximum Gasteiger partial charge on any atom is 0.670 e. The van der Waals surface area contributed by atoms with Crippen molar-refractivity contribution in [1.29, 1.82) is 0 Å². The maximum absolute atomic E-state index is 12.2. The average Bonchev–Trinajstić information content (AvgIpc) is 2.41. The molecule has 0 bridgehead atoms. The molecule has 0 atom stereocenters. The second-order valence-corrected chi connectivity index (χ2v) is 4.83. The van der Waals surface area contributed by atoms with Gasteiger partial charge in [-0.05, 0) is 24.3 Å². The Labute approximate surface area is 109 Å². The Hall–Kier alpha value is -2.33. The first-order valence-corrected chi connectivity index (χ1v) is 6.79. The highest BCUT2D eigenvalue weighted by atomic mass is 31.2. The zero-order valence-electron chi connectivity index (χ0n) is 9.71. The number of nitrogens with zero attached hydrogens (tertiary/aromatic N) is 1. The van der Waals surface area contributed by atoms with Crippen LogP contribution < -0.4 is 9.05 Å². The lowest BCUT2D eigenvalue weighted by molar-refractivity contribution is 0.215. The molecule has 98 valence electrons. The van der Waals surface area contributed by atoms with Crippen molar-refractivity contribution < 1.29 is 18.2 Å². The molecule has 0 saturated heterocycles. The van der Waals surface area contributed by atoms with Crippen molar-refractivity contribution in [3.05, 3.63) is 65.6 Å². The summed E-state index contributed by atoms with van der Waals surface area (Å²) in [4.78, 5) is 10.2. The summed E-state index contributed by atoms with van der Waals surface area (Å²) >= 11 is 0. The summed E-state index contributed by atoms with van der Waals surface area (Å²) in [6.45, 7) is 0. The summed E-state index contributed by atoms with van der Waals surface area (Å²) in [6.07, 6.45) is 0. The molecular formula is C12H10NO5P. The molecule has 0 radical (unpaired) electrons.